The smallest absolute Gasteiger partial charge is 0.153 e. The Labute approximate surface area is 94.8 Å². The Morgan fingerprint density at radius 3 is 2.67 bits per heavy atom. The van der Waals surface area contributed by atoms with Crippen molar-refractivity contribution in [2.75, 3.05) is 0 Å². The van der Waals surface area contributed by atoms with E-state index in [4.69, 9.17) is 0 Å². The van der Waals surface area contributed by atoms with Crippen molar-refractivity contribution in [3.63, 3.8) is 0 Å². The molecule has 0 spiro atoms. The second-order valence-corrected chi connectivity index (χ2v) is 4.70. The lowest BCUT2D eigenvalue weighted by molar-refractivity contribution is 1.11. The van der Waals surface area contributed by atoms with E-state index in [-0.39, 0.29) is 0 Å². The van der Waals surface area contributed by atoms with Crippen LogP contribution in [0, 0.1) is 19.4 Å². The summed E-state index contributed by atoms with van der Waals surface area (Å²) in [7, 11) is 0. The molecule has 77 valence electrons. The molecule has 0 aliphatic heterocycles. The third kappa shape index (κ3) is 1.95. The highest BCUT2D eigenvalue weighted by molar-refractivity contribution is 7.09. The van der Waals surface area contributed by atoms with Crippen LogP contribution in [0.1, 0.15) is 22.9 Å². The SMILES string of the molecule is CCc1ccc(-c2n[c]sc2C)cc1C. The molecular formula is C13H14NS. The van der Waals surface area contributed by atoms with Crippen LogP contribution < -0.4 is 0 Å². The van der Waals surface area contributed by atoms with Crippen molar-refractivity contribution in [3.8, 4) is 11.3 Å². The van der Waals surface area contributed by atoms with Crippen molar-refractivity contribution in [1.82, 2.24) is 4.98 Å². The van der Waals surface area contributed by atoms with Crippen LogP contribution >= 0.6 is 11.3 Å². The molecule has 0 aliphatic carbocycles. The van der Waals surface area contributed by atoms with Crippen LogP contribution in [0.5, 0.6) is 0 Å². The molecule has 0 aliphatic rings. The van der Waals surface area contributed by atoms with Gasteiger partial charge in [-0.1, -0.05) is 19.1 Å². The highest BCUT2D eigenvalue weighted by atomic mass is 32.1. The van der Waals surface area contributed by atoms with Gasteiger partial charge in [-0.2, -0.15) is 0 Å². The van der Waals surface area contributed by atoms with E-state index < -0.39 is 0 Å². The van der Waals surface area contributed by atoms with E-state index >= 15 is 0 Å². The molecule has 0 N–H and O–H groups in total. The van der Waals surface area contributed by atoms with E-state index in [0.717, 1.165) is 12.1 Å². The van der Waals surface area contributed by atoms with Crippen molar-refractivity contribution < 1.29 is 0 Å². The fourth-order valence-corrected chi connectivity index (χ4v) is 2.31. The highest BCUT2D eigenvalue weighted by Gasteiger charge is 2.06. The largest absolute Gasteiger partial charge is 0.233 e. The van der Waals surface area contributed by atoms with E-state index in [1.165, 1.54) is 21.6 Å². The Hall–Kier alpha value is -1.15. The van der Waals surface area contributed by atoms with Crippen LogP contribution in [0.4, 0.5) is 0 Å². The van der Waals surface area contributed by atoms with Crippen LogP contribution in [0.15, 0.2) is 18.2 Å². The fraction of sp³-hybridized carbons (Fsp3) is 0.308. The van der Waals surface area contributed by atoms with Crippen molar-refractivity contribution >= 4 is 11.3 Å². The lowest BCUT2D eigenvalue weighted by atomic mass is 10.0. The Morgan fingerprint density at radius 1 is 1.33 bits per heavy atom. The molecule has 0 saturated carbocycles. The Kier molecular flexibility index (Phi) is 2.87. The minimum atomic E-state index is 1.07. The van der Waals surface area contributed by atoms with Gasteiger partial charge in [0, 0.05) is 10.4 Å². The Balaban J connectivity index is 2.47. The van der Waals surface area contributed by atoms with Gasteiger partial charge in [0.15, 0.2) is 5.51 Å². The first-order valence-electron chi connectivity index (χ1n) is 5.15. The van der Waals surface area contributed by atoms with Crippen LogP contribution in [0.2, 0.25) is 0 Å². The maximum Gasteiger partial charge on any atom is 0.153 e. The van der Waals surface area contributed by atoms with Crippen LogP contribution in [0.25, 0.3) is 11.3 Å². The van der Waals surface area contributed by atoms with Crippen molar-refractivity contribution in [3.05, 3.63) is 39.7 Å². The molecule has 1 nitrogen and oxygen atoms in total. The predicted octanol–water partition coefficient (Wildman–Crippen LogP) is 3.79. The molecule has 2 heteroatoms. The lowest BCUT2D eigenvalue weighted by Gasteiger charge is -2.05. The predicted molar refractivity (Wildman–Crippen MR) is 65.2 cm³/mol. The van der Waals surface area contributed by atoms with E-state index in [9.17, 15) is 0 Å². The van der Waals surface area contributed by atoms with Crippen molar-refractivity contribution in [1.29, 1.82) is 0 Å². The summed E-state index contributed by atoms with van der Waals surface area (Å²) in [5.74, 6) is 0. The minimum absolute atomic E-state index is 1.07. The third-order valence-electron chi connectivity index (χ3n) is 2.69. The summed E-state index contributed by atoms with van der Waals surface area (Å²) >= 11 is 1.58. The highest BCUT2D eigenvalue weighted by Crippen LogP contribution is 2.26. The summed E-state index contributed by atoms with van der Waals surface area (Å²) < 4.78 is 0. The summed E-state index contributed by atoms with van der Waals surface area (Å²) in [6.07, 6.45) is 1.09. The summed E-state index contributed by atoms with van der Waals surface area (Å²) in [5, 5.41) is 0. The maximum atomic E-state index is 4.28. The maximum absolute atomic E-state index is 4.28. The Morgan fingerprint density at radius 2 is 2.13 bits per heavy atom. The van der Waals surface area contributed by atoms with E-state index in [1.54, 1.807) is 11.3 Å². The zero-order valence-electron chi connectivity index (χ0n) is 9.29. The van der Waals surface area contributed by atoms with Crippen LogP contribution in [0.3, 0.4) is 0 Å². The van der Waals surface area contributed by atoms with E-state index in [0.29, 0.717) is 0 Å². The molecule has 1 radical (unpaired) electrons. The van der Waals surface area contributed by atoms with Gasteiger partial charge < -0.3 is 0 Å². The topological polar surface area (TPSA) is 12.9 Å². The van der Waals surface area contributed by atoms with E-state index in [2.05, 4.69) is 49.5 Å². The number of nitrogens with zero attached hydrogens (tertiary/aromatic N) is 1. The van der Waals surface area contributed by atoms with Gasteiger partial charge in [0.1, 0.15) is 0 Å². The first-order valence-corrected chi connectivity index (χ1v) is 5.97. The summed E-state index contributed by atoms with van der Waals surface area (Å²) in [4.78, 5) is 5.51. The number of thiazole rings is 1. The normalized spacial score (nSPS) is 10.6. The van der Waals surface area contributed by atoms with Gasteiger partial charge in [-0.3, -0.25) is 0 Å². The second kappa shape index (κ2) is 4.15. The number of rotatable bonds is 2. The van der Waals surface area contributed by atoms with Gasteiger partial charge in [0.25, 0.3) is 0 Å². The molecule has 15 heavy (non-hydrogen) atoms. The van der Waals surface area contributed by atoms with Gasteiger partial charge in [0.2, 0.25) is 0 Å². The van der Waals surface area contributed by atoms with Crippen LogP contribution in [-0.4, -0.2) is 4.98 Å². The van der Waals surface area contributed by atoms with Gasteiger partial charge >= 0.3 is 0 Å². The molecule has 0 unspecified atom stereocenters. The minimum Gasteiger partial charge on any atom is -0.233 e. The van der Waals surface area contributed by atoms with Crippen molar-refractivity contribution in [2.24, 2.45) is 0 Å². The molecule has 2 aromatic rings. The zero-order chi connectivity index (χ0) is 10.8. The van der Waals surface area contributed by atoms with Crippen LogP contribution in [-0.2, 0) is 6.42 Å². The van der Waals surface area contributed by atoms with Crippen molar-refractivity contribution in [2.45, 2.75) is 27.2 Å². The number of aryl methyl sites for hydroxylation is 3. The number of hydrogen-bond donors (Lipinski definition) is 0. The standard InChI is InChI=1S/C13H14NS/c1-4-11-5-6-12(7-9(11)2)13-10(3)15-8-14-13/h5-7H,4H2,1-3H3. The molecule has 0 saturated heterocycles. The first kappa shape index (κ1) is 10.4. The molecule has 0 bridgehead atoms. The number of benzene rings is 1. The molecular weight excluding hydrogens is 202 g/mol. The lowest BCUT2D eigenvalue weighted by Crippen LogP contribution is -1.88. The van der Waals surface area contributed by atoms with Gasteiger partial charge in [-0.05, 0) is 37.5 Å². The number of aromatic nitrogens is 1. The quantitative estimate of drug-likeness (QED) is 0.744. The molecule has 1 aromatic heterocycles. The Bertz CT molecular complexity index is 471. The molecule has 2 rings (SSSR count). The first-order chi connectivity index (χ1) is 7.22. The second-order valence-electron chi connectivity index (χ2n) is 3.70. The summed E-state index contributed by atoms with van der Waals surface area (Å²) in [6.45, 7) is 6.43. The molecule has 1 aromatic carbocycles. The summed E-state index contributed by atoms with van der Waals surface area (Å²) in [5.41, 5.74) is 7.98. The van der Waals surface area contributed by atoms with Gasteiger partial charge in [0.05, 0.1) is 5.69 Å². The third-order valence-corrected chi connectivity index (χ3v) is 3.37. The fourth-order valence-electron chi connectivity index (χ4n) is 1.77. The van der Waals surface area contributed by atoms with E-state index in [1.807, 2.05) is 0 Å². The molecule has 1 heterocycles. The molecule has 0 fully saturated rings. The molecule has 0 amide bonds. The van der Waals surface area contributed by atoms with Gasteiger partial charge in [-0.15, -0.1) is 11.3 Å². The monoisotopic (exact) mass is 216 g/mol. The zero-order valence-corrected chi connectivity index (χ0v) is 10.1. The summed E-state index contributed by atoms with van der Waals surface area (Å²) in [6, 6.07) is 6.57. The number of hydrogen-bond acceptors (Lipinski definition) is 2. The van der Waals surface area contributed by atoms with Gasteiger partial charge in [-0.25, -0.2) is 4.98 Å². The molecule has 0 atom stereocenters. The average Bonchev–Trinajstić information content (AvgIpc) is 2.64. The average molecular weight is 216 g/mol.